The Bertz CT molecular complexity index is 525. The van der Waals surface area contributed by atoms with Crippen molar-refractivity contribution < 1.29 is 0 Å². The van der Waals surface area contributed by atoms with Crippen LogP contribution in [0.1, 0.15) is 6.92 Å². The molecule has 0 atom stereocenters. The third-order valence-electron chi connectivity index (χ3n) is 2.04. The van der Waals surface area contributed by atoms with E-state index in [0.717, 1.165) is 17.3 Å². The lowest BCUT2D eigenvalue weighted by Crippen LogP contribution is -2.00. The number of hydrogen-bond acceptors (Lipinski definition) is 7. The molecule has 18 heavy (non-hydrogen) atoms. The quantitative estimate of drug-likeness (QED) is 0.719. The van der Waals surface area contributed by atoms with Crippen LogP contribution in [0.25, 0.3) is 0 Å². The van der Waals surface area contributed by atoms with Gasteiger partial charge in [0.1, 0.15) is 17.5 Å². The smallest absolute Gasteiger partial charge is 0.196 e. The second-order valence-corrected chi connectivity index (χ2v) is 4.55. The standard InChI is InChI=1S/C11H14N6S/c1-2-14-10-5-7(3-4-15-10)18-11-16-8(12)6-9(13)17-11/h3-6H,2H2,1H3,(H,14,15)(H4,12,13,16,17). The molecule has 0 unspecified atom stereocenters. The molecule has 0 spiro atoms. The van der Waals surface area contributed by atoms with E-state index in [1.807, 2.05) is 19.1 Å². The van der Waals surface area contributed by atoms with Crippen molar-refractivity contribution in [2.45, 2.75) is 17.0 Å². The van der Waals surface area contributed by atoms with Gasteiger partial charge in [-0.05, 0) is 30.8 Å². The first-order valence-electron chi connectivity index (χ1n) is 5.45. The Morgan fingerprint density at radius 1 is 1.22 bits per heavy atom. The number of nitrogen functional groups attached to an aromatic ring is 2. The molecule has 0 fully saturated rings. The molecule has 7 heteroatoms. The molecule has 0 bridgehead atoms. The largest absolute Gasteiger partial charge is 0.383 e. The lowest BCUT2D eigenvalue weighted by molar-refractivity contribution is 0.984. The minimum Gasteiger partial charge on any atom is -0.383 e. The number of rotatable bonds is 4. The number of pyridine rings is 1. The van der Waals surface area contributed by atoms with E-state index in [4.69, 9.17) is 11.5 Å². The fourth-order valence-electron chi connectivity index (χ4n) is 1.37. The van der Waals surface area contributed by atoms with Crippen LogP contribution >= 0.6 is 11.8 Å². The molecular formula is C11H14N6S. The fraction of sp³-hybridized carbons (Fsp3) is 0.182. The zero-order valence-electron chi connectivity index (χ0n) is 9.92. The van der Waals surface area contributed by atoms with Crippen molar-refractivity contribution in [3.05, 3.63) is 24.4 Å². The van der Waals surface area contributed by atoms with Gasteiger partial charge in [0, 0.05) is 23.7 Å². The van der Waals surface area contributed by atoms with Gasteiger partial charge in [-0.25, -0.2) is 15.0 Å². The zero-order chi connectivity index (χ0) is 13.0. The van der Waals surface area contributed by atoms with Crippen molar-refractivity contribution in [1.29, 1.82) is 0 Å². The zero-order valence-corrected chi connectivity index (χ0v) is 10.7. The number of nitrogens with two attached hydrogens (primary N) is 2. The maximum Gasteiger partial charge on any atom is 0.196 e. The van der Waals surface area contributed by atoms with Crippen molar-refractivity contribution >= 4 is 29.2 Å². The average molecular weight is 262 g/mol. The summed E-state index contributed by atoms with van der Waals surface area (Å²) in [6.07, 6.45) is 1.73. The van der Waals surface area contributed by atoms with Gasteiger partial charge in [0.15, 0.2) is 5.16 Å². The van der Waals surface area contributed by atoms with Gasteiger partial charge in [0.25, 0.3) is 0 Å². The highest BCUT2D eigenvalue weighted by atomic mass is 32.2. The van der Waals surface area contributed by atoms with Crippen LogP contribution in [0, 0.1) is 0 Å². The van der Waals surface area contributed by atoms with Crippen LogP contribution < -0.4 is 16.8 Å². The van der Waals surface area contributed by atoms with Crippen LogP contribution in [0.4, 0.5) is 17.5 Å². The lowest BCUT2D eigenvalue weighted by Gasteiger charge is -2.05. The maximum atomic E-state index is 5.62. The first-order valence-corrected chi connectivity index (χ1v) is 6.27. The van der Waals surface area contributed by atoms with Crippen molar-refractivity contribution in [2.24, 2.45) is 0 Å². The third kappa shape index (κ3) is 3.24. The molecule has 94 valence electrons. The second-order valence-electron chi connectivity index (χ2n) is 3.51. The van der Waals surface area contributed by atoms with Crippen molar-refractivity contribution in [3.63, 3.8) is 0 Å². The summed E-state index contributed by atoms with van der Waals surface area (Å²) in [7, 11) is 0. The average Bonchev–Trinajstić information content (AvgIpc) is 2.28. The molecule has 2 rings (SSSR count). The highest BCUT2D eigenvalue weighted by molar-refractivity contribution is 7.99. The van der Waals surface area contributed by atoms with Crippen LogP contribution in [-0.4, -0.2) is 21.5 Å². The van der Waals surface area contributed by atoms with E-state index in [9.17, 15) is 0 Å². The van der Waals surface area contributed by atoms with Gasteiger partial charge in [0.05, 0.1) is 0 Å². The predicted molar refractivity (Wildman–Crippen MR) is 73.4 cm³/mol. The van der Waals surface area contributed by atoms with E-state index in [2.05, 4.69) is 20.3 Å². The molecule has 0 saturated heterocycles. The topological polar surface area (TPSA) is 103 Å². The highest BCUT2D eigenvalue weighted by Crippen LogP contribution is 2.26. The molecule has 0 aromatic carbocycles. The molecular weight excluding hydrogens is 248 g/mol. The number of nitrogens with zero attached hydrogens (tertiary/aromatic N) is 3. The highest BCUT2D eigenvalue weighted by Gasteiger charge is 2.04. The monoisotopic (exact) mass is 262 g/mol. The fourth-order valence-corrected chi connectivity index (χ4v) is 2.18. The molecule has 0 aliphatic heterocycles. The molecule has 0 saturated carbocycles. The molecule has 2 heterocycles. The van der Waals surface area contributed by atoms with Gasteiger partial charge in [0.2, 0.25) is 0 Å². The molecule has 2 aromatic heterocycles. The van der Waals surface area contributed by atoms with Crippen LogP contribution in [0.3, 0.4) is 0 Å². The summed E-state index contributed by atoms with van der Waals surface area (Å²) in [6, 6.07) is 5.34. The summed E-state index contributed by atoms with van der Waals surface area (Å²) in [5, 5.41) is 3.67. The maximum absolute atomic E-state index is 5.62. The minimum absolute atomic E-state index is 0.367. The number of nitrogens with one attached hydrogen (secondary N) is 1. The van der Waals surface area contributed by atoms with E-state index in [0.29, 0.717) is 16.8 Å². The number of anilines is 3. The molecule has 0 aliphatic carbocycles. The molecule has 0 aliphatic rings. The summed E-state index contributed by atoms with van der Waals surface area (Å²) in [5.41, 5.74) is 11.2. The van der Waals surface area contributed by atoms with Crippen LogP contribution in [0.5, 0.6) is 0 Å². The first kappa shape index (κ1) is 12.4. The number of aromatic nitrogens is 3. The Hall–Kier alpha value is -2.02. The summed E-state index contributed by atoms with van der Waals surface area (Å²) < 4.78 is 0. The Morgan fingerprint density at radius 2 is 1.94 bits per heavy atom. The Kier molecular flexibility index (Phi) is 3.83. The van der Waals surface area contributed by atoms with Crippen LogP contribution in [-0.2, 0) is 0 Å². The van der Waals surface area contributed by atoms with Crippen molar-refractivity contribution in [1.82, 2.24) is 15.0 Å². The first-order chi connectivity index (χ1) is 8.67. The van der Waals surface area contributed by atoms with Gasteiger partial charge in [-0.1, -0.05) is 0 Å². The van der Waals surface area contributed by atoms with E-state index >= 15 is 0 Å². The summed E-state index contributed by atoms with van der Waals surface area (Å²) in [4.78, 5) is 13.4. The van der Waals surface area contributed by atoms with Crippen molar-refractivity contribution in [2.75, 3.05) is 23.3 Å². The van der Waals surface area contributed by atoms with Gasteiger partial charge in [-0.2, -0.15) is 0 Å². The summed E-state index contributed by atoms with van der Waals surface area (Å²) >= 11 is 1.39. The number of hydrogen-bond donors (Lipinski definition) is 3. The van der Waals surface area contributed by atoms with Crippen LogP contribution in [0.15, 0.2) is 34.4 Å². The molecule has 2 aromatic rings. The van der Waals surface area contributed by atoms with Gasteiger partial charge >= 0.3 is 0 Å². The molecule has 5 N–H and O–H groups in total. The van der Waals surface area contributed by atoms with E-state index in [1.165, 1.54) is 17.8 Å². The van der Waals surface area contributed by atoms with E-state index in [-0.39, 0.29) is 0 Å². The summed E-state index contributed by atoms with van der Waals surface area (Å²) in [6.45, 7) is 2.84. The summed E-state index contributed by atoms with van der Waals surface area (Å²) in [5.74, 6) is 1.55. The Morgan fingerprint density at radius 3 is 2.61 bits per heavy atom. The van der Waals surface area contributed by atoms with Crippen molar-refractivity contribution in [3.8, 4) is 0 Å². The van der Waals surface area contributed by atoms with E-state index < -0.39 is 0 Å². The lowest BCUT2D eigenvalue weighted by atomic mass is 10.4. The third-order valence-corrected chi connectivity index (χ3v) is 2.90. The minimum atomic E-state index is 0.367. The SMILES string of the molecule is CCNc1cc(Sc2nc(N)cc(N)n2)ccn1. The van der Waals surface area contributed by atoms with Gasteiger partial charge in [-0.15, -0.1) is 0 Å². The van der Waals surface area contributed by atoms with Gasteiger partial charge in [-0.3, -0.25) is 0 Å². The normalized spacial score (nSPS) is 10.3. The molecule has 0 amide bonds. The molecule has 0 radical (unpaired) electrons. The van der Waals surface area contributed by atoms with Crippen LogP contribution in [0.2, 0.25) is 0 Å². The van der Waals surface area contributed by atoms with E-state index in [1.54, 1.807) is 6.20 Å². The Balaban J connectivity index is 2.20. The molecule has 6 nitrogen and oxygen atoms in total. The Labute approximate surface area is 109 Å². The predicted octanol–water partition coefficient (Wildman–Crippen LogP) is 1.62. The second kappa shape index (κ2) is 5.54. The van der Waals surface area contributed by atoms with Gasteiger partial charge < -0.3 is 16.8 Å².